The number of carbonyl (C=O) groups is 1. The number of aromatic nitrogens is 2. The Balaban J connectivity index is 1.68. The van der Waals surface area contributed by atoms with Gasteiger partial charge in [-0.05, 0) is 56.7 Å². The second-order valence-electron chi connectivity index (χ2n) is 7.33. The van der Waals surface area contributed by atoms with Crippen LogP contribution in [0.15, 0.2) is 53.6 Å². The number of benzene rings is 2. The molecule has 0 aliphatic carbocycles. The highest BCUT2D eigenvalue weighted by Gasteiger charge is 2.25. The van der Waals surface area contributed by atoms with Gasteiger partial charge in [0, 0.05) is 25.1 Å². The zero-order chi connectivity index (χ0) is 22.5. The van der Waals surface area contributed by atoms with Crippen LogP contribution < -0.4 is 9.47 Å². The number of carbonyl (C=O) groups excluding carboxylic acids is 1. The first-order chi connectivity index (χ1) is 15.6. The van der Waals surface area contributed by atoms with E-state index in [2.05, 4.69) is 0 Å². The first-order valence-corrected chi connectivity index (χ1v) is 11.9. The first-order valence-electron chi connectivity index (χ1n) is 10.9. The normalized spacial score (nSPS) is 11.8. The molecular formula is C25H27N3O3S. The predicted octanol–water partition coefficient (Wildman–Crippen LogP) is 5.20. The van der Waals surface area contributed by atoms with Crippen molar-refractivity contribution in [3.63, 3.8) is 0 Å². The standard InChI is InChI=1S/C25H27N3O3S/c1-4-28(5-2)22(29)16-32-25-20-15-18-9-7-8-10-21(18)31-24(20)26-23(27-25)17-11-13-19(14-12-17)30-6-3/h7-14H,4-6,15-16H2,1-3H3. The Kier molecular flexibility index (Phi) is 6.95. The van der Waals surface area contributed by atoms with Gasteiger partial charge in [0.05, 0.1) is 17.9 Å². The molecule has 0 fully saturated rings. The minimum absolute atomic E-state index is 0.104. The Bertz CT molecular complexity index is 1100. The lowest BCUT2D eigenvalue weighted by Gasteiger charge is -2.22. The average Bonchev–Trinajstić information content (AvgIpc) is 2.82. The molecule has 3 aromatic rings. The van der Waals surface area contributed by atoms with E-state index in [0.29, 0.717) is 43.6 Å². The summed E-state index contributed by atoms with van der Waals surface area (Å²) in [5.74, 6) is 3.18. The van der Waals surface area contributed by atoms with Crippen LogP contribution >= 0.6 is 11.8 Å². The molecule has 0 unspecified atom stereocenters. The van der Waals surface area contributed by atoms with Crippen molar-refractivity contribution in [2.24, 2.45) is 0 Å². The molecule has 2 aromatic carbocycles. The van der Waals surface area contributed by atoms with Gasteiger partial charge >= 0.3 is 0 Å². The maximum absolute atomic E-state index is 12.6. The third kappa shape index (κ3) is 4.72. The van der Waals surface area contributed by atoms with Crippen LogP contribution in [0.4, 0.5) is 0 Å². The third-order valence-corrected chi connectivity index (χ3v) is 6.35. The SMILES string of the molecule is CCOc1ccc(-c2nc3c(c(SCC(=O)N(CC)CC)n2)Cc2ccccc2O3)cc1. The molecule has 0 bridgehead atoms. The molecule has 0 N–H and O–H groups in total. The molecule has 0 saturated carbocycles. The Morgan fingerprint density at radius 1 is 1.06 bits per heavy atom. The fourth-order valence-electron chi connectivity index (χ4n) is 3.64. The second-order valence-corrected chi connectivity index (χ2v) is 8.30. The Morgan fingerprint density at radius 2 is 1.81 bits per heavy atom. The maximum Gasteiger partial charge on any atom is 0.232 e. The fraction of sp³-hybridized carbons (Fsp3) is 0.320. The summed E-state index contributed by atoms with van der Waals surface area (Å²) in [7, 11) is 0. The summed E-state index contributed by atoms with van der Waals surface area (Å²) in [4.78, 5) is 24.0. The summed E-state index contributed by atoms with van der Waals surface area (Å²) < 4.78 is 11.7. The molecule has 7 heteroatoms. The lowest BCUT2D eigenvalue weighted by molar-refractivity contribution is -0.127. The van der Waals surface area contributed by atoms with Crippen molar-refractivity contribution >= 4 is 17.7 Å². The van der Waals surface area contributed by atoms with Crippen LogP contribution in [0.2, 0.25) is 0 Å². The van der Waals surface area contributed by atoms with Gasteiger partial charge in [-0.15, -0.1) is 0 Å². The van der Waals surface area contributed by atoms with Crippen molar-refractivity contribution in [1.82, 2.24) is 14.9 Å². The van der Waals surface area contributed by atoms with Gasteiger partial charge in [0.15, 0.2) is 5.82 Å². The van der Waals surface area contributed by atoms with Crippen LogP contribution in [0.5, 0.6) is 17.4 Å². The molecule has 1 aliphatic rings. The molecule has 1 aromatic heterocycles. The van der Waals surface area contributed by atoms with Crippen LogP contribution in [-0.2, 0) is 11.2 Å². The van der Waals surface area contributed by atoms with Crippen molar-refractivity contribution in [3.8, 4) is 28.8 Å². The number of rotatable bonds is 8. The van der Waals surface area contributed by atoms with E-state index < -0.39 is 0 Å². The zero-order valence-corrected chi connectivity index (χ0v) is 19.4. The smallest absolute Gasteiger partial charge is 0.232 e. The van der Waals surface area contributed by atoms with Crippen molar-refractivity contribution < 1.29 is 14.3 Å². The number of hydrogen-bond acceptors (Lipinski definition) is 6. The summed E-state index contributed by atoms with van der Waals surface area (Å²) in [5.41, 5.74) is 2.89. The van der Waals surface area contributed by atoms with Crippen molar-refractivity contribution in [2.75, 3.05) is 25.4 Å². The van der Waals surface area contributed by atoms with Crippen LogP contribution in [0.1, 0.15) is 31.9 Å². The van der Waals surface area contributed by atoms with E-state index in [9.17, 15) is 4.79 Å². The average molecular weight is 450 g/mol. The van der Waals surface area contributed by atoms with Gasteiger partial charge in [-0.3, -0.25) is 4.79 Å². The molecule has 2 heterocycles. The van der Waals surface area contributed by atoms with Crippen molar-refractivity contribution in [2.45, 2.75) is 32.2 Å². The Hall–Kier alpha value is -3.06. The van der Waals surface area contributed by atoms with Gasteiger partial charge in [-0.2, -0.15) is 4.98 Å². The van der Waals surface area contributed by atoms with Crippen LogP contribution in [0.3, 0.4) is 0 Å². The molecule has 1 amide bonds. The summed E-state index contributed by atoms with van der Waals surface area (Å²) in [5, 5.41) is 0.786. The highest BCUT2D eigenvalue weighted by molar-refractivity contribution is 7.99. The molecular weight excluding hydrogens is 422 g/mol. The van der Waals surface area contributed by atoms with Crippen LogP contribution in [0, 0.1) is 0 Å². The summed E-state index contributed by atoms with van der Waals surface area (Å²) >= 11 is 1.45. The highest BCUT2D eigenvalue weighted by Crippen LogP contribution is 2.40. The van der Waals surface area contributed by atoms with Gasteiger partial charge in [0.2, 0.25) is 11.8 Å². The van der Waals surface area contributed by atoms with E-state index in [1.807, 2.05) is 74.2 Å². The Labute approximate surface area is 193 Å². The predicted molar refractivity (Wildman–Crippen MR) is 127 cm³/mol. The van der Waals surface area contributed by atoms with E-state index >= 15 is 0 Å². The molecule has 6 nitrogen and oxygen atoms in total. The largest absolute Gasteiger partial charge is 0.494 e. The number of ether oxygens (including phenoxy) is 2. The number of hydrogen-bond donors (Lipinski definition) is 0. The highest BCUT2D eigenvalue weighted by atomic mass is 32.2. The van der Waals surface area contributed by atoms with E-state index in [4.69, 9.17) is 19.4 Å². The Morgan fingerprint density at radius 3 is 2.53 bits per heavy atom. The molecule has 0 saturated heterocycles. The van der Waals surface area contributed by atoms with Gasteiger partial charge in [-0.1, -0.05) is 30.0 Å². The lowest BCUT2D eigenvalue weighted by atomic mass is 10.0. The number of para-hydroxylation sites is 1. The van der Waals surface area contributed by atoms with Gasteiger partial charge in [0.25, 0.3) is 0 Å². The monoisotopic (exact) mass is 449 g/mol. The van der Waals surface area contributed by atoms with E-state index in [1.54, 1.807) is 0 Å². The molecule has 32 heavy (non-hydrogen) atoms. The summed E-state index contributed by atoms with van der Waals surface area (Å²) in [6, 6.07) is 15.7. The van der Waals surface area contributed by atoms with E-state index in [-0.39, 0.29) is 5.91 Å². The van der Waals surface area contributed by atoms with Crippen molar-refractivity contribution in [3.05, 3.63) is 59.7 Å². The fourth-order valence-corrected chi connectivity index (χ4v) is 4.56. The summed E-state index contributed by atoms with van der Waals surface area (Å²) in [6.45, 7) is 7.96. The van der Waals surface area contributed by atoms with Gasteiger partial charge in [0.1, 0.15) is 16.5 Å². The molecule has 166 valence electrons. The zero-order valence-electron chi connectivity index (χ0n) is 18.6. The third-order valence-electron chi connectivity index (χ3n) is 5.35. The minimum Gasteiger partial charge on any atom is -0.494 e. The molecule has 4 rings (SSSR count). The summed E-state index contributed by atoms with van der Waals surface area (Å²) in [6.07, 6.45) is 0.677. The number of thioether (sulfide) groups is 1. The molecule has 0 radical (unpaired) electrons. The quantitative estimate of drug-likeness (QED) is 0.272. The van der Waals surface area contributed by atoms with Crippen molar-refractivity contribution in [1.29, 1.82) is 0 Å². The minimum atomic E-state index is 0.104. The van der Waals surface area contributed by atoms with Gasteiger partial charge in [-0.25, -0.2) is 4.98 Å². The van der Waals surface area contributed by atoms with E-state index in [0.717, 1.165) is 33.2 Å². The first kappa shape index (κ1) is 22.1. The second kappa shape index (κ2) is 10.0. The lowest BCUT2D eigenvalue weighted by Crippen LogP contribution is -2.31. The van der Waals surface area contributed by atoms with Crippen LogP contribution in [0.25, 0.3) is 11.4 Å². The number of nitrogens with zero attached hydrogens (tertiary/aromatic N) is 3. The van der Waals surface area contributed by atoms with Crippen LogP contribution in [-0.4, -0.2) is 46.2 Å². The topological polar surface area (TPSA) is 64.5 Å². The van der Waals surface area contributed by atoms with Gasteiger partial charge < -0.3 is 14.4 Å². The molecule has 0 atom stereocenters. The maximum atomic E-state index is 12.6. The molecule has 1 aliphatic heterocycles. The number of fused-ring (bicyclic) bond motifs is 2. The molecule has 0 spiro atoms. The number of amides is 1. The van der Waals surface area contributed by atoms with E-state index in [1.165, 1.54) is 11.8 Å².